The Morgan fingerprint density at radius 2 is 1.68 bits per heavy atom. The molecule has 1 heterocycles. The number of sulfonamides is 1. The van der Waals surface area contributed by atoms with E-state index >= 15 is 0 Å². The lowest BCUT2D eigenvalue weighted by molar-refractivity contribution is -0.115. The Bertz CT molecular complexity index is 1280. The molecule has 3 rings (SSSR count). The van der Waals surface area contributed by atoms with Gasteiger partial charge in [0.15, 0.2) is 11.0 Å². The van der Waals surface area contributed by atoms with Gasteiger partial charge in [-0.05, 0) is 71.1 Å². The summed E-state index contributed by atoms with van der Waals surface area (Å²) >= 11 is 1.34. The molecule has 0 aliphatic heterocycles. The highest BCUT2D eigenvalue weighted by Gasteiger charge is 2.25. The minimum Gasteiger partial charge on any atom is -0.325 e. The van der Waals surface area contributed by atoms with Crippen LogP contribution in [0.1, 0.15) is 51.5 Å². The molecule has 3 aromatic rings. The molecule has 1 aromatic heterocycles. The Morgan fingerprint density at radius 1 is 1.03 bits per heavy atom. The van der Waals surface area contributed by atoms with Gasteiger partial charge in [-0.1, -0.05) is 49.0 Å². The molecule has 2 aromatic carbocycles. The topological polar surface area (TPSA) is 109 Å². The predicted octanol–water partition coefficient (Wildman–Crippen LogP) is 4.15. The third-order valence-corrected chi connectivity index (χ3v) is 8.47. The molecule has 9 nitrogen and oxygen atoms in total. The van der Waals surface area contributed by atoms with Gasteiger partial charge in [0, 0.05) is 11.7 Å². The molecule has 0 aliphatic carbocycles. The van der Waals surface area contributed by atoms with E-state index in [1.54, 1.807) is 26.0 Å². The lowest BCUT2D eigenvalue weighted by Gasteiger charge is -2.23. The molecule has 1 amide bonds. The first-order valence-corrected chi connectivity index (χ1v) is 14.6. The van der Waals surface area contributed by atoms with E-state index in [9.17, 15) is 13.2 Å². The van der Waals surface area contributed by atoms with Gasteiger partial charge < -0.3 is 9.88 Å². The van der Waals surface area contributed by atoms with Crippen molar-refractivity contribution in [2.75, 3.05) is 19.4 Å². The Labute approximate surface area is 224 Å². The predicted molar refractivity (Wildman–Crippen MR) is 148 cm³/mol. The van der Waals surface area contributed by atoms with Crippen molar-refractivity contribution >= 4 is 33.4 Å². The largest absolute Gasteiger partial charge is 0.325 e. The highest BCUT2D eigenvalue weighted by atomic mass is 32.2. The zero-order valence-corrected chi connectivity index (χ0v) is 23.8. The van der Waals surface area contributed by atoms with Gasteiger partial charge in [-0.2, -0.15) is 0 Å². The van der Waals surface area contributed by atoms with Gasteiger partial charge >= 0.3 is 0 Å². The summed E-state index contributed by atoms with van der Waals surface area (Å²) in [4.78, 5) is 15.3. The fourth-order valence-electron chi connectivity index (χ4n) is 3.88. The number of hydrogen-bond donors (Lipinski definition) is 2. The van der Waals surface area contributed by atoms with E-state index in [-0.39, 0.29) is 22.9 Å². The van der Waals surface area contributed by atoms with Crippen LogP contribution in [0.2, 0.25) is 0 Å². The number of carbonyl (C=O) groups is 1. The third-order valence-electron chi connectivity index (χ3n) is 5.71. The van der Waals surface area contributed by atoms with Gasteiger partial charge in [0.1, 0.15) is 0 Å². The normalized spacial score (nSPS) is 13.6. The molecular weight excluding hydrogens is 508 g/mol. The second-order valence-electron chi connectivity index (χ2n) is 9.35. The smallest absolute Gasteiger partial charge is 0.240 e. The van der Waals surface area contributed by atoms with Crippen LogP contribution >= 0.6 is 11.8 Å². The first-order chi connectivity index (χ1) is 17.5. The summed E-state index contributed by atoms with van der Waals surface area (Å²) < 4.78 is 29.3. The van der Waals surface area contributed by atoms with E-state index in [0.717, 1.165) is 17.8 Å². The molecule has 0 saturated heterocycles. The van der Waals surface area contributed by atoms with Crippen molar-refractivity contribution in [1.82, 2.24) is 24.4 Å². The van der Waals surface area contributed by atoms with Crippen molar-refractivity contribution in [2.45, 2.75) is 68.0 Å². The minimum absolute atomic E-state index is 0.0923. The maximum absolute atomic E-state index is 13.0. The van der Waals surface area contributed by atoms with E-state index in [2.05, 4.69) is 48.8 Å². The van der Waals surface area contributed by atoms with Crippen LogP contribution in [0, 0.1) is 0 Å². The third kappa shape index (κ3) is 7.64. The highest BCUT2D eigenvalue weighted by Crippen LogP contribution is 2.29. The maximum atomic E-state index is 13.0. The summed E-state index contributed by atoms with van der Waals surface area (Å²) in [5.41, 5.74) is 1.64. The Balaban J connectivity index is 1.76. The van der Waals surface area contributed by atoms with Gasteiger partial charge in [-0.15, -0.1) is 10.2 Å². The molecule has 0 aliphatic rings. The summed E-state index contributed by atoms with van der Waals surface area (Å²) in [5, 5.41) is 12.0. The Morgan fingerprint density at radius 3 is 2.24 bits per heavy atom. The van der Waals surface area contributed by atoms with Crippen molar-refractivity contribution in [3.05, 3.63) is 66.0 Å². The van der Waals surface area contributed by atoms with Crippen LogP contribution < -0.4 is 10.0 Å². The second kappa shape index (κ2) is 12.7. The van der Waals surface area contributed by atoms with Crippen molar-refractivity contribution < 1.29 is 13.2 Å². The molecule has 0 unspecified atom stereocenters. The number of aromatic nitrogens is 3. The number of anilines is 1. The van der Waals surface area contributed by atoms with Crippen LogP contribution in [-0.2, 0) is 21.4 Å². The summed E-state index contributed by atoms with van der Waals surface area (Å²) in [6.07, 6.45) is 0.874. The molecule has 2 atom stereocenters. The first kappa shape index (κ1) is 28.8. The van der Waals surface area contributed by atoms with Crippen molar-refractivity contribution in [1.29, 1.82) is 0 Å². The van der Waals surface area contributed by atoms with E-state index in [0.29, 0.717) is 17.4 Å². The van der Waals surface area contributed by atoms with Crippen molar-refractivity contribution in [2.24, 2.45) is 0 Å². The molecule has 37 heavy (non-hydrogen) atoms. The fraction of sp³-hybridized carbons (Fsp3) is 0.423. The van der Waals surface area contributed by atoms with Crippen molar-refractivity contribution in [3.63, 3.8) is 0 Å². The number of rotatable bonds is 12. The lowest BCUT2D eigenvalue weighted by atomic mass is 10.2. The van der Waals surface area contributed by atoms with Gasteiger partial charge in [-0.25, -0.2) is 13.1 Å². The summed E-state index contributed by atoms with van der Waals surface area (Å²) in [6.45, 7) is 8.06. The average molecular weight is 545 g/mol. The number of amides is 1. The highest BCUT2D eigenvalue weighted by molar-refractivity contribution is 8.00. The number of thioether (sulfide) groups is 1. The molecule has 2 N–H and O–H groups in total. The Hall–Kier alpha value is -2.73. The van der Waals surface area contributed by atoms with Crippen LogP contribution in [0.4, 0.5) is 5.69 Å². The quantitative estimate of drug-likeness (QED) is 0.330. The summed E-state index contributed by atoms with van der Waals surface area (Å²) in [7, 11) is 0.450. The van der Waals surface area contributed by atoms with E-state index in [4.69, 9.17) is 0 Å². The first-order valence-electron chi connectivity index (χ1n) is 12.2. The average Bonchev–Trinajstić information content (AvgIpc) is 3.21. The SMILES string of the molecule is CC[C@H](c1nnc(S[C@@H](C)C(=O)Nc2ccc(S(=O)(=O)NC(C)C)cc2)n1Cc1ccccc1)N(C)C. The molecule has 11 heteroatoms. The summed E-state index contributed by atoms with van der Waals surface area (Å²) in [6, 6.07) is 16.1. The molecule has 200 valence electrons. The Kier molecular flexibility index (Phi) is 9.88. The molecule has 0 radical (unpaired) electrons. The second-order valence-corrected chi connectivity index (χ2v) is 12.4. The van der Waals surface area contributed by atoms with E-state index in [1.807, 2.05) is 39.2 Å². The van der Waals surface area contributed by atoms with E-state index < -0.39 is 15.3 Å². The van der Waals surface area contributed by atoms with Gasteiger partial charge in [0.2, 0.25) is 15.9 Å². The zero-order valence-electron chi connectivity index (χ0n) is 22.2. The van der Waals surface area contributed by atoms with Crippen LogP contribution in [0.25, 0.3) is 0 Å². The molecule has 0 bridgehead atoms. The van der Waals surface area contributed by atoms with Crippen LogP contribution in [0.3, 0.4) is 0 Å². The number of hydrogen-bond acceptors (Lipinski definition) is 7. The van der Waals surface area contributed by atoms with Gasteiger partial charge in [-0.3, -0.25) is 9.69 Å². The molecule has 0 spiro atoms. The van der Waals surface area contributed by atoms with E-state index in [1.165, 1.54) is 23.9 Å². The number of nitrogens with zero attached hydrogens (tertiary/aromatic N) is 4. The number of benzene rings is 2. The summed E-state index contributed by atoms with van der Waals surface area (Å²) in [5.74, 6) is 0.648. The monoisotopic (exact) mass is 544 g/mol. The van der Waals surface area contributed by atoms with Crippen molar-refractivity contribution in [3.8, 4) is 0 Å². The fourth-order valence-corrected chi connectivity index (χ4v) is 5.98. The van der Waals surface area contributed by atoms with Crippen LogP contribution in [0.15, 0.2) is 64.6 Å². The molecule has 0 saturated carbocycles. The maximum Gasteiger partial charge on any atom is 0.240 e. The van der Waals surface area contributed by atoms with Gasteiger partial charge in [0.05, 0.1) is 22.7 Å². The van der Waals surface area contributed by atoms with Gasteiger partial charge in [0.25, 0.3) is 0 Å². The minimum atomic E-state index is -3.59. The van der Waals surface area contributed by atoms with Crippen LogP contribution in [0.5, 0.6) is 0 Å². The molecule has 0 fully saturated rings. The number of nitrogens with one attached hydrogen (secondary N) is 2. The lowest BCUT2D eigenvalue weighted by Crippen LogP contribution is -2.30. The molecular formula is C26H36N6O3S2. The zero-order chi connectivity index (χ0) is 27.2. The van der Waals surface area contributed by atoms with Crippen LogP contribution in [-0.4, -0.2) is 59.4 Å². The standard InChI is InChI=1S/C26H36N6O3S2/c1-7-23(31(5)6)24-28-29-26(32(24)17-20-11-9-8-10-12-20)36-19(4)25(33)27-21-13-15-22(16-14-21)37(34,35)30-18(2)3/h8-16,18-19,23,30H,7,17H2,1-6H3,(H,27,33)/t19-,23+/m0/s1. The number of carbonyl (C=O) groups excluding carboxylic acids is 1.